The molecule has 5 aromatic carbocycles. The van der Waals surface area contributed by atoms with Gasteiger partial charge in [-0.2, -0.15) is 0 Å². The van der Waals surface area contributed by atoms with Crippen molar-refractivity contribution in [3.8, 4) is 33.8 Å². The van der Waals surface area contributed by atoms with Crippen LogP contribution >= 0.6 is 7.92 Å². The van der Waals surface area contributed by atoms with E-state index in [0.717, 1.165) is 66.7 Å². The van der Waals surface area contributed by atoms with Gasteiger partial charge < -0.3 is 9.47 Å². The van der Waals surface area contributed by atoms with Crippen LogP contribution in [0.1, 0.15) is 35.5 Å². The number of nitrogens with zero attached hydrogens (tertiary/aromatic N) is 2. The third-order valence-electron chi connectivity index (χ3n) is 9.63. The number of Topliss-reactive ketones (excluding diaryl/α,β-unsaturated/α-hetero) is 1. The number of carbonyl (C=O) groups excluding carboxylic acids is 1. The summed E-state index contributed by atoms with van der Waals surface area (Å²) < 4.78 is 12.3. The van der Waals surface area contributed by atoms with E-state index in [2.05, 4.69) is 103 Å². The molecule has 2 aromatic heterocycles. The zero-order valence-electron chi connectivity index (χ0n) is 27.4. The second-order valence-electron chi connectivity index (χ2n) is 12.3. The summed E-state index contributed by atoms with van der Waals surface area (Å²) in [6, 6.07) is 44.0. The summed E-state index contributed by atoms with van der Waals surface area (Å²) in [6.07, 6.45) is 4.51. The molecule has 0 bridgehead atoms. The van der Waals surface area contributed by atoms with Crippen LogP contribution in [0, 0.1) is 0 Å². The number of rotatable bonds is 7. The molecule has 3 heterocycles. The van der Waals surface area contributed by atoms with E-state index in [1.165, 1.54) is 5.30 Å². The molecule has 0 aliphatic carbocycles. The maximum Gasteiger partial charge on any atom is 0.134 e. The third kappa shape index (κ3) is 5.54. The molecule has 0 saturated carbocycles. The van der Waals surface area contributed by atoms with E-state index in [4.69, 9.17) is 19.4 Å². The van der Waals surface area contributed by atoms with Crippen LogP contribution in [0.4, 0.5) is 0 Å². The topological polar surface area (TPSA) is 61.3 Å². The second kappa shape index (κ2) is 13.3. The molecule has 1 saturated heterocycles. The fourth-order valence-corrected chi connectivity index (χ4v) is 11.2. The van der Waals surface area contributed by atoms with Gasteiger partial charge in [-0.3, -0.25) is 14.8 Å². The van der Waals surface area contributed by atoms with Gasteiger partial charge in [0.1, 0.15) is 17.3 Å². The Morgan fingerprint density at radius 3 is 1.47 bits per heavy atom. The maximum absolute atomic E-state index is 13.8. The lowest BCUT2D eigenvalue weighted by molar-refractivity contribution is -0.119. The minimum Gasteiger partial charge on any atom is -0.496 e. The molecule has 0 spiro atoms. The third-order valence-corrected chi connectivity index (χ3v) is 12.9. The van der Waals surface area contributed by atoms with E-state index in [9.17, 15) is 4.79 Å². The minimum absolute atomic E-state index is 0.133. The number of methoxy groups -OCH3 is 2. The van der Waals surface area contributed by atoms with Crippen molar-refractivity contribution >= 4 is 40.6 Å². The number of hydrogen-bond acceptors (Lipinski definition) is 5. The summed E-state index contributed by atoms with van der Waals surface area (Å²) >= 11 is 0. The first-order valence-electron chi connectivity index (χ1n) is 16.5. The predicted molar refractivity (Wildman–Crippen MR) is 200 cm³/mol. The number of carbonyl (C=O) groups is 1. The van der Waals surface area contributed by atoms with Crippen molar-refractivity contribution in [1.82, 2.24) is 9.97 Å². The molecule has 1 aliphatic rings. The first kappa shape index (κ1) is 30.9. The van der Waals surface area contributed by atoms with Crippen LogP contribution in [0.15, 0.2) is 140 Å². The highest BCUT2D eigenvalue weighted by atomic mass is 31.1. The minimum atomic E-state index is -1.16. The molecule has 8 rings (SSSR count). The monoisotopic (exact) mass is 658 g/mol. The highest BCUT2D eigenvalue weighted by molar-refractivity contribution is 7.67. The summed E-state index contributed by atoms with van der Waals surface area (Å²) in [4.78, 5) is 23.6. The van der Waals surface area contributed by atoms with Gasteiger partial charge in [-0.15, -0.1) is 0 Å². The van der Waals surface area contributed by atoms with Gasteiger partial charge in [-0.05, 0) is 74.4 Å². The molecule has 0 radical (unpaired) electrons. The first-order valence-corrected chi connectivity index (χ1v) is 18.0. The zero-order chi connectivity index (χ0) is 33.3. The number of benzene rings is 5. The summed E-state index contributed by atoms with van der Waals surface area (Å²) in [5.74, 6) is 1.83. The van der Waals surface area contributed by atoms with Crippen molar-refractivity contribution in [3.63, 3.8) is 0 Å². The smallest absolute Gasteiger partial charge is 0.134 e. The predicted octanol–water partition coefficient (Wildman–Crippen LogP) is 10.1. The van der Waals surface area contributed by atoms with Crippen molar-refractivity contribution in [2.45, 2.75) is 24.2 Å². The molecular formula is C43H35N2O3P. The largest absolute Gasteiger partial charge is 0.496 e. The fourth-order valence-electron chi connectivity index (χ4n) is 7.50. The lowest BCUT2D eigenvalue weighted by atomic mass is 9.92. The highest BCUT2D eigenvalue weighted by Crippen LogP contribution is 2.68. The summed E-state index contributed by atoms with van der Waals surface area (Å²) in [5, 5.41) is 5.67. The van der Waals surface area contributed by atoms with Crippen LogP contribution in [-0.2, 0) is 4.79 Å². The van der Waals surface area contributed by atoms with Crippen molar-refractivity contribution < 1.29 is 14.3 Å². The lowest BCUT2D eigenvalue weighted by Crippen LogP contribution is -2.26. The average molecular weight is 659 g/mol. The van der Waals surface area contributed by atoms with Gasteiger partial charge in [0, 0.05) is 59.1 Å². The van der Waals surface area contributed by atoms with Gasteiger partial charge in [0.05, 0.1) is 14.2 Å². The number of pyridine rings is 2. The Bertz CT molecular complexity index is 2150. The van der Waals surface area contributed by atoms with Crippen LogP contribution < -0.4 is 14.8 Å². The van der Waals surface area contributed by atoms with Crippen molar-refractivity contribution in [3.05, 3.63) is 151 Å². The Kier molecular flexibility index (Phi) is 8.37. The zero-order valence-corrected chi connectivity index (χ0v) is 28.3. The Morgan fingerprint density at radius 1 is 0.551 bits per heavy atom. The van der Waals surface area contributed by atoms with Crippen molar-refractivity contribution in [2.24, 2.45) is 0 Å². The van der Waals surface area contributed by atoms with E-state index >= 15 is 0 Å². The molecule has 6 heteroatoms. The number of fused-ring (bicyclic) bond motifs is 2. The van der Waals surface area contributed by atoms with Crippen LogP contribution in [0.5, 0.6) is 11.5 Å². The molecular weight excluding hydrogens is 623 g/mol. The highest BCUT2D eigenvalue weighted by Gasteiger charge is 2.43. The Hall–Kier alpha value is -5.38. The Morgan fingerprint density at radius 2 is 1.02 bits per heavy atom. The van der Waals surface area contributed by atoms with Gasteiger partial charge >= 0.3 is 0 Å². The van der Waals surface area contributed by atoms with E-state index < -0.39 is 7.92 Å². The molecule has 2 unspecified atom stereocenters. The standard InChI is InChI=1S/C43H35N2O3P/c1-47-37-22-20-28-12-3-5-14-31(28)41(37)33-16-11-17-34(42-32-15-6-4-13-29(32)21-23-38(42)48-2)43(33)49-39(35-18-7-9-24-44-35)26-30(46)27-40(49)36-19-8-10-25-45-36/h3-25,39-40H,26-27H2,1-2H3. The first-order chi connectivity index (χ1) is 24.2. The van der Waals surface area contributed by atoms with Crippen molar-refractivity contribution in [2.75, 3.05) is 14.2 Å². The van der Waals surface area contributed by atoms with Gasteiger partial charge in [0.15, 0.2) is 0 Å². The van der Waals surface area contributed by atoms with Crippen LogP contribution in [0.2, 0.25) is 0 Å². The quantitative estimate of drug-likeness (QED) is 0.160. The molecule has 0 N–H and O–H groups in total. The number of hydrogen-bond donors (Lipinski definition) is 0. The fraction of sp³-hybridized carbons (Fsp3) is 0.140. The van der Waals surface area contributed by atoms with E-state index in [1.54, 1.807) is 14.2 Å². The van der Waals surface area contributed by atoms with Crippen LogP contribution in [-0.4, -0.2) is 30.0 Å². The molecule has 0 amide bonds. The Labute approximate surface area is 287 Å². The van der Waals surface area contributed by atoms with Gasteiger partial charge in [0.2, 0.25) is 0 Å². The molecule has 49 heavy (non-hydrogen) atoms. The summed E-state index contributed by atoms with van der Waals surface area (Å²) in [6.45, 7) is 0. The normalized spacial score (nSPS) is 17.7. The SMILES string of the molecule is COc1ccc2ccccc2c1-c1cccc(-c2c(OC)ccc3ccccc23)c1P1C(c2ccccn2)CC(=O)CC1c1ccccn1. The molecule has 2 atom stereocenters. The van der Waals surface area contributed by atoms with Gasteiger partial charge in [-0.25, -0.2) is 0 Å². The molecule has 1 aliphatic heterocycles. The van der Waals surface area contributed by atoms with E-state index in [-0.39, 0.29) is 17.1 Å². The summed E-state index contributed by atoms with van der Waals surface area (Å²) in [5.41, 5.74) is 5.84. The van der Waals surface area contributed by atoms with Gasteiger partial charge in [0.25, 0.3) is 0 Å². The summed E-state index contributed by atoms with van der Waals surface area (Å²) in [7, 11) is 2.31. The Balaban J connectivity index is 1.54. The van der Waals surface area contributed by atoms with Crippen LogP contribution in [0.25, 0.3) is 43.8 Å². The molecule has 5 nitrogen and oxygen atoms in total. The maximum atomic E-state index is 13.8. The molecule has 1 fully saturated rings. The molecule has 240 valence electrons. The second-order valence-corrected chi connectivity index (χ2v) is 14.8. The molecule has 7 aromatic rings. The van der Waals surface area contributed by atoms with Gasteiger partial charge in [-0.1, -0.05) is 98.9 Å². The van der Waals surface area contributed by atoms with E-state index in [1.807, 2.05) is 36.7 Å². The number of ketones is 1. The van der Waals surface area contributed by atoms with E-state index in [0.29, 0.717) is 12.8 Å². The van der Waals surface area contributed by atoms with Crippen LogP contribution in [0.3, 0.4) is 0 Å². The number of ether oxygens (including phenoxy) is 2. The van der Waals surface area contributed by atoms with Crippen molar-refractivity contribution in [1.29, 1.82) is 0 Å². The number of aromatic nitrogens is 2. The average Bonchev–Trinajstić information content (AvgIpc) is 3.17. The lowest BCUT2D eigenvalue weighted by Gasteiger charge is -2.40.